The van der Waals surface area contributed by atoms with Gasteiger partial charge in [0.2, 0.25) is 0 Å². The minimum absolute atomic E-state index is 0.175. The van der Waals surface area contributed by atoms with Crippen LogP contribution >= 0.6 is 0 Å². The monoisotopic (exact) mass is 480 g/mol. The molecular formula is C31H20N4O2. The number of rotatable bonds is 0. The molecular weight excluding hydrogens is 460 g/mol. The maximum Gasteiger partial charge on any atom is 0.158 e. The highest BCUT2D eigenvalue weighted by atomic mass is 16.5. The molecule has 0 bridgehead atoms. The third kappa shape index (κ3) is 2.59. The first-order valence-electron chi connectivity index (χ1n) is 12.5. The van der Waals surface area contributed by atoms with Gasteiger partial charge in [-0.05, 0) is 42.8 Å². The van der Waals surface area contributed by atoms with Gasteiger partial charge < -0.3 is 19.8 Å². The number of aromatic nitrogens is 2. The van der Waals surface area contributed by atoms with E-state index in [0.29, 0.717) is 0 Å². The number of nitrogens with one attached hydrogen (secondary N) is 2. The standard InChI is InChI=1S/C31H20N4O2/c1-15-30-29(36-27-12-22-19(11-25(27)35-30)17-7-3-5-9-21(17)32-22)14-26-31(15)37-28-13-23-18(10-24(28)34-26)16-6-2-4-8-20(16)33-23/h2-14,19,22,32,35H,1H3. The average Bonchev–Trinajstić information content (AvgIpc) is 3.46. The molecule has 6 aromatic rings. The van der Waals surface area contributed by atoms with Crippen LogP contribution in [0.3, 0.4) is 0 Å². The fourth-order valence-corrected chi connectivity index (χ4v) is 6.08. The first-order valence-corrected chi connectivity index (χ1v) is 12.5. The summed E-state index contributed by atoms with van der Waals surface area (Å²) < 4.78 is 12.9. The van der Waals surface area contributed by atoms with Gasteiger partial charge in [-0.3, -0.25) is 0 Å². The van der Waals surface area contributed by atoms with Gasteiger partial charge in [0.15, 0.2) is 16.9 Å². The summed E-state index contributed by atoms with van der Waals surface area (Å²) in [6.45, 7) is 2.05. The zero-order chi connectivity index (χ0) is 24.2. The summed E-state index contributed by atoms with van der Waals surface area (Å²) in [6, 6.07) is 22.9. The van der Waals surface area contributed by atoms with Crippen LogP contribution in [0, 0.1) is 6.92 Å². The van der Waals surface area contributed by atoms with Crippen molar-refractivity contribution in [3.05, 3.63) is 101 Å². The second-order valence-corrected chi connectivity index (χ2v) is 10.0. The van der Waals surface area contributed by atoms with E-state index in [1.165, 1.54) is 11.3 Å². The van der Waals surface area contributed by atoms with Crippen LogP contribution in [0.25, 0.3) is 44.0 Å². The number of fused-ring (bicyclic) bond motifs is 10. The Kier molecular flexibility index (Phi) is 3.49. The molecule has 2 unspecified atom stereocenters. The minimum Gasteiger partial charge on any atom is -0.453 e. The number of para-hydroxylation sites is 2. The van der Waals surface area contributed by atoms with E-state index in [1.807, 2.05) is 30.3 Å². The van der Waals surface area contributed by atoms with Gasteiger partial charge >= 0.3 is 0 Å². The molecule has 9 rings (SSSR count). The summed E-state index contributed by atoms with van der Waals surface area (Å²) in [5.41, 5.74) is 10.3. The van der Waals surface area contributed by atoms with Crippen molar-refractivity contribution in [2.45, 2.75) is 18.9 Å². The average molecular weight is 481 g/mol. The maximum atomic E-state index is 6.46. The van der Waals surface area contributed by atoms with Crippen molar-refractivity contribution in [1.29, 1.82) is 0 Å². The fraction of sp³-hybridized carbons (Fsp3) is 0.0968. The number of hydrogen-bond donors (Lipinski definition) is 2. The van der Waals surface area contributed by atoms with Crippen molar-refractivity contribution < 1.29 is 9.15 Å². The zero-order valence-corrected chi connectivity index (χ0v) is 19.9. The Balaban J connectivity index is 1.21. The highest BCUT2D eigenvalue weighted by molar-refractivity contribution is 6.11. The van der Waals surface area contributed by atoms with Crippen LogP contribution in [0.2, 0.25) is 0 Å². The number of benzene rings is 4. The lowest BCUT2D eigenvalue weighted by Crippen LogP contribution is -2.27. The van der Waals surface area contributed by atoms with Crippen LogP contribution in [0.5, 0.6) is 5.75 Å². The summed E-state index contributed by atoms with van der Waals surface area (Å²) >= 11 is 0. The minimum atomic E-state index is 0.175. The molecule has 0 radical (unpaired) electrons. The van der Waals surface area contributed by atoms with Crippen LogP contribution in [0.15, 0.2) is 94.8 Å². The van der Waals surface area contributed by atoms with E-state index in [-0.39, 0.29) is 12.0 Å². The SMILES string of the molecule is Cc1c2c(cc3nc4cc5c(cc4oc13)nc1ccccc15)OC1=CC3Nc4ccccc4C3C=C1N2. The number of hydrogen-bond acceptors (Lipinski definition) is 6. The smallest absolute Gasteiger partial charge is 0.158 e. The Morgan fingerprint density at radius 2 is 1.68 bits per heavy atom. The number of anilines is 2. The van der Waals surface area contributed by atoms with E-state index < -0.39 is 0 Å². The molecule has 6 heteroatoms. The molecule has 1 aliphatic carbocycles. The van der Waals surface area contributed by atoms with Crippen LogP contribution in [0.1, 0.15) is 17.0 Å². The molecule has 6 nitrogen and oxygen atoms in total. The summed E-state index contributed by atoms with van der Waals surface area (Å²) in [6.07, 6.45) is 4.45. The Hall–Kier alpha value is -4.84. The van der Waals surface area contributed by atoms with E-state index in [4.69, 9.17) is 19.1 Å². The van der Waals surface area contributed by atoms with Crippen molar-refractivity contribution in [2.24, 2.45) is 0 Å². The molecule has 0 saturated carbocycles. The summed E-state index contributed by atoms with van der Waals surface area (Å²) in [4.78, 5) is 9.78. The predicted molar refractivity (Wildman–Crippen MR) is 146 cm³/mol. The van der Waals surface area contributed by atoms with E-state index in [1.54, 1.807) is 0 Å². The number of ether oxygens (including phenoxy) is 1. The van der Waals surface area contributed by atoms with Gasteiger partial charge in [0.25, 0.3) is 0 Å². The maximum absolute atomic E-state index is 6.46. The first-order chi connectivity index (χ1) is 18.2. The lowest BCUT2D eigenvalue weighted by Gasteiger charge is -2.31. The van der Waals surface area contributed by atoms with E-state index in [0.717, 1.165) is 72.5 Å². The lowest BCUT2D eigenvalue weighted by molar-refractivity contribution is 0.420. The van der Waals surface area contributed by atoms with E-state index in [9.17, 15) is 0 Å². The molecule has 2 aliphatic heterocycles. The van der Waals surface area contributed by atoms with Crippen molar-refractivity contribution in [3.63, 3.8) is 0 Å². The Morgan fingerprint density at radius 3 is 2.65 bits per heavy atom. The molecule has 0 spiro atoms. The molecule has 37 heavy (non-hydrogen) atoms. The largest absolute Gasteiger partial charge is 0.453 e. The molecule has 4 aromatic carbocycles. The molecule has 2 atom stereocenters. The van der Waals surface area contributed by atoms with Gasteiger partial charge in [0, 0.05) is 40.1 Å². The third-order valence-electron chi connectivity index (χ3n) is 7.88. The normalized spacial score (nSPS) is 19.4. The molecule has 0 saturated heterocycles. The topological polar surface area (TPSA) is 72.2 Å². The van der Waals surface area contributed by atoms with Gasteiger partial charge in [0.05, 0.1) is 28.5 Å². The lowest BCUT2D eigenvalue weighted by atomic mass is 9.89. The van der Waals surface area contributed by atoms with Crippen LogP contribution in [-0.4, -0.2) is 16.0 Å². The Morgan fingerprint density at radius 1 is 0.811 bits per heavy atom. The highest BCUT2D eigenvalue weighted by Crippen LogP contribution is 2.47. The molecule has 176 valence electrons. The summed E-state index contributed by atoms with van der Waals surface area (Å²) in [5, 5.41) is 9.46. The van der Waals surface area contributed by atoms with Crippen molar-refractivity contribution in [3.8, 4) is 5.75 Å². The van der Waals surface area contributed by atoms with Gasteiger partial charge in [-0.25, -0.2) is 9.97 Å². The molecule has 2 aromatic heterocycles. The first kappa shape index (κ1) is 19.4. The highest BCUT2D eigenvalue weighted by Gasteiger charge is 2.36. The van der Waals surface area contributed by atoms with Crippen LogP contribution in [0.4, 0.5) is 11.4 Å². The quantitative estimate of drug-likeness (QED) is 0.225. The predicted octanol–water partition coefficient (Wildman–Crippen LogP) is 7.15. The van der Waals surface area contributed by atoms with Gasteiger partial charge in [-0.2, -0.15) is 0 Å². The van der Waals surface area contributed by atoms with Crippen molar-refractivity contribution in [2.75, 3.05) is 10.6 Å². The molecule has 2 N–H and O–H groups in total. The van der Waals surface area contributed by atoms with Crippen molar-refractivity contribution in [1.82, 2.24) is 9.97 Å². The van der Waals surface area contributed by atoms with Crippen LogP contribution < -0.4 is 15.4 Å². The zero-order valence-electron chi connectivity index (χ0n) is 19.9. The van der Waals surface area contributed by atoms with Gasteiger partial charge in [-0.1, -0.05) is 36.4 Å². The fourth-order valence-electron chi connectivity index (χ4n) is 6.08. The molecule has 0 amide bonds. The second kappa shape index (κ2) is 6.68. The number of nitrogens with zero attached hydrogens (tertiary/aromatic N) is 2. The molecule has 3 aliphatic rings. The molecule has 0 fully saturated rings. The van der Waals surface area contributed by atoms with Crippen molar-refractivity contribution >= 4 is 55.4 Å². The van der Waals surface area contributed by atoms with Crippen LogP contribution in [-0.2, 0) is 0 Å². The summed E-state index contributed by atoms with van der Waals surface area (Å²) in [5.74, 6) is 1.85. The second-order valence-electron chi connectivity index (χ2n) is 10.0. The Labute approximate surface area is 211 Å². The molecule has 4 heterocycles. The van der Waals surface area contributed by atoms with E-state index in [2.05, 4.69) is 66.1 Å². The van der Waals surface area contributed by atoms with E-state index >= 15 is 0 Å². The Bertz CT molecular complexity index is 2050. The van der Waals surface area contributed by atoms with Gasteiger partial charge in [0.1, 0.15) is 16.8 Å². The summed E-state index contributed by atoms with van der Waals surface area (Å²) in [7, 11) is 0. The number of aryl methyl sites for hydroxylation is 1. The van der Waals surface area contributed by atoms with Gasteiger partial charge in [-0.15, -0.1) is 0 Å². The third-order valence-corrected chi connectivity index (χ3v) is 7.88.